The Morgan fingerprint density at radius 1 is 1.35 bits per heavy atom. The number of carbonyl (C=O) groups is 1. The summed E-state index contributed by atoms with van der Waals surface area (Å²) in [6.07, 6.45) is 1.54. The van der Waals surface area contributed by atoms with E-state index in [2.05, 4.69) is 12.2 Å². The molecule has 1 aromatic carbocycles. The van der Waals surface area contributed by atoms with Crippen molar-refractivity contribution in [3.8, 4) is 0 Å². The van der Waals surface area contributed by atoms with E-state index in [1.165, 1.54) is 0 Å². The molecule has 2 unspecified atom stereocenters. The van der Waals surface area contributed by atoms with Crippen LogP contribution in [0.3, 0.4) is 0 Å². The lowest BCUT2D eigenvalue weighted by Crippen LogP contribution is -2.36. The van der Waals surface area contributed by atoms with E-state index in [-0.39, 0.29) is 12.0 Å². The van der Waals surface area contributed by atoms with E-state index in [1.54, 1.807) is 0 Å². The van der Waals surface area contributed by atoms with E-state index in [9.17, 15) is 9.90 Å². The van der Waals surface area contributed by atoms with Gasteiger partial charge in [0.1, 0.15) is 0 Å². The molecule has 2 N–H and O–H groups in total. The van der Waals surface area contributed by atoms with Crippen LogP contribution in [0.5, 0.6) is 0 Å². The van der Waals surface area contributed by atoms with Crippen LogP contribution in [0.2, 0.25) is 5.02 Å². The molecule has 0 heterocycles. The van der Waals surface area contributed by atoms with Crippen LogP contribution in [0.4, 0.5) is 0 Å². The standard InChI is InChI=1S/C16H24ClNO2/c1-11(2)7-14(16(19)20)10-18-12(3)8-13-5-4-6-15(17)9-13/h4-6,9,11-12,14,18H,7-8,10H2,1-3H3,(H,19,20). The fourth-order valence-corrected chi connectivity index (χ4v) is 2.49. The molecule has 0 radical (unpaired) electrons. The Morgan fingerprint density at radius 3 is 2.60 bits per heavy atom. The number of benzene rings is 1. The molecule has 0 aliphatic carbocycles. The molecule has 0 aliphatic rings. The summed E-state index contributed by atoms with van der Waals surface area (Å²) in [5, 5.41) is 13.3. The molecule has 0 saturated heterocycles. The molecule has 112 valence electrons. The topological polar surface area (TPSA) is 49.3 Å². The van der Waals surface area contributed by atoms with Crippen molar-refractivity contribution < 1.29 is 9.90 Å². The second-order valence-electron chi connectivity index (χ2n) is 5.81. The van der Waals surface area contributed by atoms with Crippen LogP contribution in [0.15, 0.2) is 24.3 Å². The van der Waals surface area contributed by atoms with Crippen molar-refractivity contribution in [3.63, 3.8) is 0 Å². The normalized spacial score (nSPS) is 14.2. The Labute approximate surface area is 126 Å². The molecule has 0 aliphatic heterocycles. The first kappa shape index (κ1) is 17.0. The van der Waals surface area contributed by atoms with E-state index in [0.29, 0.717) is 18.9 Å². The second kappa shape index (κ2) is 8.28. The third kappa shape index (κ3) is 6.40. The predicted octanol–water partition coefficient (Wildman–Crippen LogP) is 3.61. The average molecular weight is 298 g/mol. The summed E-state index contributed by atoms with van der Waals surface area (Å²) in [5.41, 5.74) is 1.16. The summed E-state index contributed by atoms with van der Waals surface area (Å²) >= 11 is 5.96. The van der Waals surface area contributed by atoms with Crippen molar-refractivity contribution in [2.75, 3.05) is 6.54 Å². The third-order valence-electron chi connectivity index (χ3n) is 3.25. The van der Waals surface area contributed by atoms with Gasteiger partial charge in [-0.3, -0.25) is 4.79 Å². The molecule has 0 saturated carbocycles. The van der Waals surface area contributed by atoms with Crippen molar-refractivity contribution >= 4 is 17.6 Å². The summed E-state index contributed by atoms with van der Waals surface area (Å²) in [6, 6.07) is 7.99. The van der Waals surface area contributed by atoms with Crippen molar-refractivity contribution in [2.45, 2.75) is 39.7 Å². The maximum atomic E-state index is 11.2. The average Bonchev–Trinajstić information content (AvgIpc) is 2.33. The Kier molecular flexibility index (Phi) is 7.03. The highest BCUT2D eigenvalue weighted by Crippen LogP contribution is 2.14. The predicted molar refractivity (Wildman–Crippen MR) is 83.2 cm³/mol. The van der Waals surface area contributed by atoms with Crippen LogP contribution in [0.25, 0.3) is 0 Å². The second-order valence-corrected chi connectivity index (χ2v) is 6.24. The van der Waals surface area contributed by atoms with Crippen LogP contribution in [-0.4, -0.2) is 23.7 Å². The summed E-state index contributed by atoms with van der Waals surface area (Å²) in [6.45, 7) is 6.67. The first-order valence-corrected chi connectivity index (χ1v) is 7.47. The first-order chi connectivity index (χ1) is 9.38. The highest BCUT2D eigenvalue weighted by molar-refractivity contribution is 6.30. The van der Waals surface area contributed by atoms with Gasteiger partial charge in [-0.05, 0) is 43.4 Å². The van der Waals surface area contributed by atoms with Gasteiger partial charge in [-0.1, -0.05) is 37.6 Å². The Balaban J connectivity index is 2.45. The minimum absolute atomic E-state index is 0.225. The van der Waals surface area contributed by atoms with Crippen LogP contribution in [-0.2, 0) is 11.2 Å². The fraction of sp³-hybridized carbons (Fsp3) is 0.562. The monoisotopic (exact) mass is 297 g/mol. The van der Waals surface area contributed by atoms with Crippen molar-refractivity contribution in [1.82, 2.24) is 5.32 Å². The smallest absolute Gasteiger partial charge is 0.307 e. The van der Waals surface area contributed by atoms with E-state index >= 15 is 0 Å². The highest BCUT2D eigenvalue weighted by atomic mass is 35.5. The molecule has 0 bridgehead atoms. The van der Waals surface area contributed by atoms with E-state index in [0.717, 1.165) is 17.0 Å². The van der Waals surface area contributed by atoms with Gasteiger partial charge < -0.3 is 10.4 Å². The van der Waals surface area contributed by atoms with E-state index in [4.69, 9.17) is 11.6 Å². The molecule has 0 spiro atoms. The van der Waals surface area contributed by atoms with Crippen LogP contribution in [0, 0.1) is 11.8 Å². The van der Waals surface area contributed by atoms with Gasteiger partial charge in [0, 0.05) is 17.6 Å². The van der Waals surface area contributed by atoms with E-state index in [1.807, 2.05) is 38.1 Å². The molecule has 0 amide bonds. The minimum atomic E-state index is -0.721. The quantitative estimate of drug-likeness (QED) is 0.770. The van der Waals surface area contributed by atoms with Gasteiger partial charge in [0.15, 0.2) is 0 Å². The summed E-state index contributed by atoms with van der Waals surface area (Å²) in [5.74, 6) is -0.654. The van der Waals surface area contributed by atoms with Crippen molar-refractivity contribution in [1.29, 1.82) is 0 Å². The molecule has 0 fully saturated rings. The lowest BCUT2D eigenvalue weighted by Gasteiger charge is -2.19. The summed E-state index contributed by atoms with van der Waals surface area (Å²) in [7, 11) is 0. The van der Waals surface area contributed by atoms with Gasteiger partial charge in [0.2, 0.25) is 0 Å². The van der Waals surface area contributed by atoms with Gasteiger partial charge in [0.25, 0.3) is 0 Å². The molecule has 0 aromatic heterocycles. The Hall–Kier alpha value is -1.06. The SMILES string of the molecule is CC(C)CC(CNC(C)Cc1cccc(Cl)c1)C(=O)O. The zero-order valence-corrected chi connectivity index (χ0v) is 13.2. The molecule has 1 aromatic rings. The number of carboxylic acid groups (broad SMARTS) is 1. The number of halogens is 1. The Morgan fingerprint density at radius 2 is 2.05 bits per heavy atom. The number of rotatable bonds is 8. The molecule has 20 heavy (non-hydrogen) atoms. The number of nitrogens with one attached hydrogen (secondary N) is 1. The first-order valence-electron chi connectivity index (χ1n) is 7.09. The minimum Gasteiger partial charge on any atom is -0.481 e. The zero-order chi connectivity index (χ0) is 15.1. The van der Waals surface area contributed by atoms with Gasteiger partial charge in [-0.15, -0.1) is 0 Å². The van der Waals surface area contributed by atoms with Crippen molar-refractivity contribution in [3.05, 3.63) is 34.9 Å². The van der Waals surface area contributed by atoms with Gasteiger partial charge in [-0.25, -0.2) is 0 Å². The fourth-order valence-electron chi connectivity index (χ4n) is 2.27. The number of aliphatic carboxylic acids is 1. The molecule has 1 rings (SSSR count). The lowest BCUT2D eigenvalue weighted by atomic mass is 9.96. The van der Waals surface area contributed by atoms with Crippen LogP contribution < -0.4 is 5.32 Å². The van der Waals surface area contributed by atoms with Crippen LogP contribution in [0.1, 0.15) is 32.8 Å². The van der Waals surface area contributed by atoms with Gasteiger partial charge in [0.05, 0.1) is 5.92 Å². The number of hydrogen-bond acceptors (Lipinski definition) is 2. The third-order valence-corrected chi connectivity index (χ3v) is 3.48. The number of hydrogen-bond donors (Lipinski definition) is 2. The molecule has 4 heteroatoms. The summed E-state index contributed by atoms with van der Waals surface area (Å²) in [4.78, 5) is 11.2. The van der Waals surface area contributed by atoms with Gasteiger partial charge >= 0.3 is 5.97 Å². The lowest BCUT2D eigenvalue weighted by molar-refractivity contribution is -0.142. The maximum Gasteiger partial charge on any atom is 0.307 e. The molecule has 2 atom stereocenters. The molecular weight excluding hydrogens is 274 g/mol. The molecular formula is C16H24ClNO2. The maximum absolute atomic E-state index is 11.2. The Bertz CT molecular complexity index is 434. The number of carboxylic acids is 1. The summed E-state index contributed by atoms with van der Waals surface area (Å²) < 4.78 is 0. The van der Waals surface area contributed by atoms with Crippen LogP contribution >= 0.6 is 11.6 Å². The highest BCUT2D eigenvalue weighted by Gasteiger charge is 2.19. The van der Waals surface area contributed by atoms with E-state index < -0.39 is 5.97 Å². The zero-order valence-electron chi connectivity index (χ0n) is 12.4. The van der Waals surface area contributed by atoms with Crippen molar-refractivity contribution in [2.24, 2.45) is 11.8 Å². The van der Waals surface area contributed by atoms with Gasteiger partial charge in [-0.2, -0.15) is 0 Å². The largest absolute Gasteiger partial charge is 0.481 e. The molecule has 3 nitrogen and oxygen atoms in total.